The van der Waals surface area contributed by atoms with E-state index in [9.17, 15) is 4.79 Å². The average molecular weight is 236 g/mol. The van der Waals surface area contributed by atoms with Crippen LogP contribution >= 0.6 is 0 Å². The molecule has 1 aromatic carbocycles. The van der Waals surface area contributed by atoms with Gasteiger partial charge in [0.1, 0.15) is 6.61 Å². The smallest absolute Gasteiger partial charge is 0.410 e. The number of hydrogen-bond donors (Lipinski definition) is 1. The maximum atomic E-state index is 11.7. The lowest BCUT2D eigenvalue weighted by Gasteiger charge is -2.25. The van der Waals surface area contributed by atoms with E-state index in [1.54, 1.807) is 11.9 Å². The molecule has 2 N–H and O–H groups in total. The van der Waals surface area contributed by atoms with Crippen LogP contribution in [0.5, 0.6) is 0 Å². The summed E-state index contributed by atoms with van der Waals surface area (Å²) in [4.78, 5) is 13.3. The van der Waals surface area contributed by atoms with Crippen molar-refractivity contribution in [2.75, 3.05) is 13.6 Å². The molecule has 0 fully saturated rings. The Morgan fingerprint density at radius 2 is 2.06 bits per heavy atom. The van der Waals surface area contributed by atoms with Gasteiger partial charge in [-0.05, 0) is 12.0 Å². The van der Waals surface area contributed by atoms with Gasteiger partial charge in [-0.3, -0.25) is 0 Å². The van der Waals surface area contributed by atoms with E-state index >= 15 is 0 Å². The molecule has 4 nitrogen and oxygen atoms in total. The van der Waals surface area contributed by atoms with Crippen molar-refractivity contribution in [1.29, 1.82) is 0 Å². The summed E-state index contributed by atoms with van der Waals surface area (Å²) in [6.45, 7) is 2.75. The number of carbonyl (C=O) groups is 1. The Bertz CT molecular complexity index is 337. The van der Waals surface area contributed by atoms with Gasteiger partial charge in [0.25, 0.3) is 0 Å². The number of benzene rings is 1. The highest BCUT2D eigenvalue weighted by Gasteiger charge is 2.17. The van der Waals surface area contributed by atoms with Crippen molar-refractivity contribution in [3.8, 4) is 0 Å². The molecule has 0 saturated carbocycles. The molecule has 4 heteroatoms. The van der Waals surface area contributed by atoms with E-state index in [2.05, 4.69) is 0 Å². The number of amides is 1. The van der Waals surface area contributed by atoms with Crippen LogP contribution in [0.4, 0.5) is 4.79 Å². The van der Waals surface area contributed by atoms with Gasteiger partial charge in [0.05, 0.1) is 0 Å². The number of nitrogens with two attached hydrogens (primary N) is 1. The molecule has 0 aromatic heterocycles. The zero-order valence-electron chi connectivity index (χ0n) is 10.4. The van der Waals surface area contributed by atoms with Crippen molar-refractivity contribution >= 4 is 6.09 Å². The van der Waals surface area contributed by atoms with Gasteiger partial charge in [-0.2, -0.15) is 0 Å². The van der Waals surface area contributed by atoms with Crippen LogP contribution in [0.25, 0.3) is 0 Å². The quantitative estimate of drug-likeness (QED) is 0.850. The Hall–Kier alpha value is -1.55. The fourth-order valence-electron chi connectivity index (χ4n) is 1.57. The minimum atomic E-state index is -0.328. The number of ether oxygens (including phenoxy) is 1. The standard InChI is InChI=1S/C13H20N2O2/c1-3-12(9-14)15(2)13(16)17-10-11-7-5-4-6-8-11/h4-8,12H,3,9-10,14H2,1-2H3. The van der Waals surface area contributed by atoms with Crippen LogP contribution in [0.1, 0.15) is 18.9 Å². The minimum absolute atomic E-state index is 0.0401. The summed E-state index contributed by atoms with van der Waals surface area (Å²) in [5.41, 5.74) is 6.56. The molecule has 1 rings (SSSR count). The second-order valence-electron chi connectivity index (χ2n) is 3.95. The zero-order chi connectivity index (χ0) is 12.7. The molecule has 0 aliphatic rings. The van der Waals surface area contributed by atoms with Crippen LogP contribution in [-0.2, 0) is 11.3 Å². The third-order valence-electron chi connectivity index (χ3n) is 2.78. The van der Waals surface area contributed by atoms with Crippen LogP contribution < -0.4 is 5.73 Å². The number of hydrogen-bond acceptors (Lipinski definition) is 3. The molecule has 0 radical (unpaired) electrons. The second-order valence-corrected chi connectivity index (χ2v) is 3.95. The predicted octanol–water partition coefficient (Wildman–Crippen LogP) is 1.99. The minimum Gasteiger partial charge on any atom is -0.445 e. The zero-order valence-corrected chi connectivity index (χ0v) is 10.4. The Morgan fingerprint density at radius 3 is 2.59 bits per heavy atom. The SMILES string of the molecule is CCC(CN)N(C)C(=O)OCc1ccccc1. The third kappa shape index (κ3) is 4.07. The molecule has 0 aliphatic heterocycles. The number of nitrogens with zero attached hydrogens (tertiary/aromatic N) is 1. The summed E-state index contributed by atoms with van der Waals surface area (Å²) in [6.07, 6.45) is 0.499. The molecular weight excluding hydrogens is 216 g/mol. The molecular formula is C13H20N2O2. The van der Waals surface area contributed by atoms with E-state index < -0.39 is 0 Å². The third-order valence-corrected chi connectivity index (χ3v) is 2.78. The van der Waals surface area contributed by atoms with Crippen molar-refractivity contribution in [3.63, 3.8) is 0 Å². The molecule has 1 amide bonds. The van der Waals surface area contributed by atoms with Gasteiger partial charge >= 0.3 is 6.09 Å². The monoisotopic (exact) mass is 236 g/mol. The Labute approximate surface area is 102 Å². The normalized spacial score (nSPS) is 11.9. The summed E-state index contributed by atoms with van der Waals surface area (Å²) in [5, 5.41) is 0. The first-order valence-corrected chi connectivity index (χ1v) is 5.82. The van der Waals surface area contributed by atoms with E-state index in [-0.39, 0.29) is 12.1 Å². The van der Waals surface area contributed by atoms with Gasteiger partial charge < -0.3 is 15.4 Å². The van der Waals surface area contributed by atoms with E-state index in [0.717, 1.165) is 12.0 Å². The number of rotatable bonds is 5. The van der Waals surface area contributed by atoms with Crippen molar-refractivity contribution < 1.29 is 9.53 Å². The molecule has 1 atom stereocenters. The Morgan fingerprint density at radius 1 is 1.41 bits per heavy atom. The van der Waals surface area contributed by atoms with Gasteiger partial charge in [0, 0.05) is 19.6 Å². The lowest BCUT2D eigenvalue weighted by molar-refractivity contribution is 0.0913. The van der Waals surface area contributed by atoms with Gasteiger partial charge in [-0.1, -0.05) is 37.3 Å². The van der Waals surface area contributed by atoms with Gasteiger partial charge in [-0.25, -0.2) is 4.79 Å². The molecule has 0 aliphatic carbocycles. The molecule has 94 valence electrons. The highest BCUT2D eigenvalue weighted by atomic mass is 16.6. The van der Waals surface area contributed by atoms with Crippen molar-refractivity contribution in [2.24, 2.45) is 5.73 Å². The van der Waals surface area contributed by atoms with Crippen LogP contribution in [0.15, 0.2) is 30.3 Å². The van der Waals surface area contributed by atoms with E-state index in [1.807, 2.05) is 37.3 Å². The fourth-order valence-corrected chi connectivity index (χ4v) is 1.57. The second kappa shape index (κ2) is 6.91. The van der Waals surface area contributed by atoms with E-state index in [4.69, 9.17) is 10.5 Å². The molecule has 17 heavy (non-hydrogen) atoms. The Kier molecular flexibility index (Phi) is 5.49. The summed E-state index contributed by atoms with van der Waals surface area (Å²) in [6, 6.07) is 9.65. The molecule has 1 aromatic rings. The first-order valence-electron chi connectivity index (χ1n) is 5.82. The molecule has 0 saturated heterocycles. The van der Waals surface area contributed by atoms with Crippen LogP contribution in [0, 0.1) is 0 Å². The average Bonchev–Trinajstić information content (AvgIpc) is 2.38. The maximum absolute atomic E-state index is 11.7. The van der Waals surface area contributed by atoms with Crippen molar-refractivity contribution in [3.05, 3.63) is 35.9 Å². The van der Waals surface area contributed by atoms with Gasteiger partial charge in [0.2, 0.25) is 0 Å². The van der Waals surface area contributed by atoms with Gasteiger partial charge in [-0.15, -0.1) is 0 Å². The van der Waals surface area contributed by atoms with Crippen LogP contribution in [0.3, 0.4) is 0 Å². The summed E-state index contributed by atoms with van der Waals surface area (Å²) < 4.78 is 5.21. The lowest BCUT2D eigenvalue weighted by atomic mass is 10.2. The highest BCUT2D eigenvalue weighted by Crippen LogP contribution is 2.06. The summed E-state index contributed by atoms with van der Waals surface area (Å²) >= 11 is 0. The van der Waals surface area contributed by atoms with E-state index in [0.29, 0.717) is 13.2 Å². The maximum Gasteiger partial charge on any atom is 0.410 e. The summed E-state index contributed by atoms with van der Waals surface area (Å²) in [7, 11) is 1.72. The summed E-state index contributed by atoms with van der Waals surface area (Å²) in [5.74, 6) is 0. The topological polar surface area (TPSA) is 55.6 Å². The highest BCUT2D eigenvalue weighted by molar-refractivity contribution is 5.67. The lowest BCUT2D eigenvalue weighted by Crippen LogP contribution is -2.41. The van der Waals surface area contributed by atoms with Gasteiger partial charge in [0.15, 0.2) is 0 Å². The van der Waals surface area contributed by atoms with Crippen LogP contribution in [0.2, 0.25) is 0 Å². The first kappa shape index (κ1) is 13.5. The number of carbonyl (C=O) groups excluding carboxylic acids is 1. The Balaban J connectivity index is 2.44. The van der Waals surface area contributed by atoms with Crippen molar-refractivity contribution in [1.82, 2.24) is 4.90 Å². The fraction of sp³-hybridized carbons (Fsp3) is 0.462. The molecule has 1 unspecified atom stereocenters. The predicted molar refractivity (Wildman–Crippen MR) is 67.5 cm³/mol. The molecule has 0 spiro atoms. The van der Waals surface area contributed by atoms with Crippen LogP contribution in [-0.4, -0.2) is 30.6 Å². The molecule has 0 heterocycles. The number of likely N-dealkylation sites (N-methyl/N-ethyl adjacent to an activating group) is 1. The molecule has 0 bridgehead atoms. The largest absolute Gasteiger partial charge is 0.445 e. The first-order chi connectivity index (χ1) is 8.19. The van der Waals surface area contributed by atoms with Crippen molar-refractivity contribution in [2.45, 2.75) is 26.0 Å². The van der Waals surface area contributed by atoms with E-state index in [1.165, 1.54) is 0 Å².